The van der Waals surface area contributed by atoms with Crippen molar-refractivity contribution >= 4 is 32.7 Å². The van der Waals surface area contributed by atoms with Crippen LogP contribution in [0.2, 0.25) is 0 Å². The first-order valence-corrected chi connectivity index (χ1v) is 13.4. The van der Waals surface area contributed by atoms with Crippen LogP contribution >= 0.6 is 0 Å². The second-order valence-corrected chi connectivity index (χ2v) is 11.9. The van der Waals surface area contributed by atoms with Gasteiger partial charge in [0, 0.05) is 0 Å². The third kappa shape index (κ3) is 2.82. The van der Waals surface area contributed by atoms with Crippen LogP contribution in [0.4, 0.5) is 0 Å². The molecular weight excluding hydrogens is 479 g/mol. The summed E-state index contributed by atoms with van der Waals surface area (Å²) in [5.41, 5.74) is 13.7. The standard InChI is InChI=1S/C30H22.2ClH.Ti/c1-3-7-25-19(5-1)9-11-23-17-21-14-16-28-22(13-15-27(21)29(23)25)18-24-12-10-20-6-2-4-8-26(20)30(24)28;;;/h1-12,17-18H,13-16H2;2*1H;/q;;;+2/p-2. The molecule has 0 N–H and O–H groups in total. The zero-order valence-corrected chi connectivity index (χ0v) is 21.2. The molecular formula is C30H22Cl2Ti. The molecule has 0 radical (unpaired) electrons. The quantitative estimate of drug-likeness (QED) is 0.324. The third-order valence-corrected chi connectivity index (χ3v) is 11.3. The minimum atomic E-state index is -0.196. The number of hydrogen-bond acceptors (Lipinski definition) is 0. The summed E-state index contributed by atoms with van der Waals surface area (Å²) in [6.45, 7) is 0. The first kappa shape index (κ1) is 21.7. The summed E-state index contributed by atoms with van der Waals surface area (Å²) in [5, 5.41) is 5.81. The van der Waals surface area contributed by atoms with Crippen molar-refractivity contribution in [2.45, 2.75) is 34.1 Å². The number of allylic oxidation sites excluding steroid dienone is 4. The van der Waals surface area contributed by atoms with Crippen LogP contribution in [0.15, 0.2) is 83.9 Å². The topological polar surface area (TPSA) is 0 Å². The van der Waals surface area contributed by atoms with Gasteiger partial charge in [0.2, 0.25) is 0 Å². The van der Waals surface area contributed by atoms with Gasteiger partial charge in [-0.25, -0.2) is 0 Å². The molecule has 4 aromatic rings. The summed E-state index contributed by atoms with van der Waals surface area (Å²) in [6.07, 6.45) is 5.00. The second kappa shape index (κ2) is 7.86. The van der Waals surface area contributed by atoms with Crippen LogP contribution < -0.4 is 24.8 Å². The van der Waals surface area contributed by atoms with Crippen LogP contribution in [0, 0.1) is 0 Å². The molecule has 2 aliphatic heterocycles. The molecule has 9 rings (SSSR count). The Labute approximate surface area is 215 Å². The first-order chi connectivity index (χ1) is 15.4. The molecule has 0 aromatic heterocycles. The van der Waals surface area contributed by atoms with E-state index in [1.807, 2.05) is 11.1 Å². The molecule has 2 heterocycles. The molecule has 0 spiro atoms. The second-order valence-electron chi connectivity index (χ2n) is 9.54. The third-order valence-electron chi connectivity index (χ3n) is 8.24. The van der Waals surface area contributed by atoms with Gasteiger partial charge in [0.25, 0.3) is 0 Å². The molecule has 3 heteroatoms. The fraction of sp³-hybridized carbons (Fsp3) is 0.200. The van der Waals surface area contributed by atoms with E-state index in [4.69, 9.17) is 0 Å². The fourth-order valence-corrected chi connectivity index (χ4v) is 10.5. The molecule has 0 saturated heterocycles. The van der Waals surface area contributed by atoms with E-state index < -0.39 is 0 Å². The maximum atomic E-state index is 2.49. The van der Waals surface area contributed by atoms with Crippen molar-refractivity contribution in [2.24, 2.45) is 0 Å². The van der Waals surface area contributed by atoms with E-state index in [9.17, 15) is 0 Å². The molecule has 33 heavy (non-hydrogen) atoms. The van der Waals surface area contributed by atoms with Crippen LogP contribution in [0.25, 0.3) is 32.7 Å². The van der Waals surface area contributed by atoms with Gasteiger partial charge in [0.05, 0.1) is 0 Å². The van der Waals surface area contributed by atoms with Crippen LogP contribution in [0.3, 0.4) is 0 Å². The number of rotatable bonds is 0. The summed E-state index contributed by atoms with van der Waals surface area (Å²) in [5.74, 6) is 0. The summed E-state index contributed by atoms with van der Waals surface area (Å²) < 4.78 is 1.46. The Balaban J connectivity index is 0.00000103. The Morgan fingerprint density at radius 2 is 0.970 bits per heavy atom. The fourth-order valence-electron chi connectivity index (χ4n) is 7.00. The van der Waals surface area contributed by atoms with E-state index in [0.29, 0.717) is 0 Å². The molecule has 160 valence electrons. The van der Waals surface area contributed by atoms with Gasteiger partial charge < -0.3 is 24.8 Å². The van der Waals surface area contributed by atoms with Gasteiger partial charge in [-0.3, -0.25) is 0 Å². The van der Waals surface area contributed by atoms with Crippen LogP contribution in [0.1, 0.15) is 56.4 Å². The van der Waals surface area contributed by atoms with Crippen molar-refractivity contribution in [3.63, 3.8) is 0 Å². The monoisotopic (exact) mass is 500 g/mol. The molecule has 0 nitrogen and oxygen atoms in total. The average Bonchev–Trinajstić information content (AvgIpc) is 3.27. The SMILES string of the molecule is [Cl-].[Cl-].c1ccc2c3c(ccc2c1)[CH]1[Ti+2][CH]2C4=C(CCC1=C3CC4)c1c2ccc2ccccc12. The summed E-state index contributed by atoms with van der Waals surface area (Å²) in [6, 6.07) is 27.9. The Hall–Kier alpha value is -1.83. The predicted octanol–water partition coefficient (Wildman–Crippen LogP) is 1.99. The van der Waals surface area contributed by atoms with Crippen molar-refractivity contribution in [2.75, 3.05) is 0 Å². The molecule has 6 bridgehead atoms. The van der Waals surface area contributed by atoms with E-state index in [1.54, 1.807) is 33.4 Å². The Kier molecular flexibility index (Phi) is 5.16. The van der Waals surface area contributed by atoms with Crippen molar-refractivity contribution in [3.05, 3.63) is 106 Å². The molecule has 4 aromatic carbocycles. The summed E-state index contributed by atoms with van der Waals surface area (Å²) >= 11 is -0.196. The van der Waals surface area contributed by atoms with Crippen LogP contribution in [-0.4, -0.2) is 0 Å². The first-order valence-electron chi connectivity index (χ1n) is 11.6. The van der Waals surface area contributed by atoms with E-state index in [-0.39, 0.29) is 44.0 Å². The molecule has 0 fully saturated rings. The van der Waals surface area contributed by atoms with E-state index in [1.165, 1.54) is 47.2 Å². The zero-order valence-electron chi connectivity index (χ0n) is 18.2. The van der Waals surface area contributed by atoms with Gasteiger partial charge in [-0.2, -0.15) is 0 Å². The number of fused-ring (bicyclic) bond motifs is 8. The van der Waals surface area contributed by atoms with Gasteiger partial charge >= 0.3 is 192 Å². The number of halogens is 2. The van der Waals surface area contributed by atoms with E-state index in [2.05, 4.69) is 72.8 Å². The Bertz CT molecular complexity index is 1410. The molecule has 3 aliphatic carbocycles. The summed E-state index contributed by atoms with van der Waals surface area (Å²) in [7, 11) is 0. The van der Waals surface area contributed by atoms with Crippen LogP contribution in [0.5, 0.6) is 0 Å². The molecule has 0 saturated carbocycles. The predicted molar refractivity (Wildman–Crippen MR) is 126 cm³/mol. The number of benzene rings is 4. The normalized spacial score (nSPS) is 21.3. The molecule has 2 atom stereocenters. The molecule has 0 amide bonds. The van der Waals surface area contributed by atoms with Crippen molar-refractivity contribution in [3.8, 4) is 0 Å². The molecule has 2 unspecified atom stereocenters. The Morgan fingerprint density at radius 1 is 0.515 bits per heavy atom. The van der Waals surface area contributed by atoms with Gasteiger partial charge in [0.15, 0.2) is 0 Å². The van der Waals surface area contributed by atoms with Crippen molar-refractivity contribution in [1.29, 1.82) is 0 Å². The van der Waals surface area contributed by atoms with E-state index in [0.717, 1.165) is 8.45 Å². The maximum absolute atomic E-state index is 2.49. The van der Waals surface area contributed by atoms with Crippen molar-refractivity contribution < 1.29 is 44.0 Å². The van der Waals surface area contributed by atoms with Crippen molar-refractivity contribution in [1.82, 2.24) is 0 Å². The molecule has 5 aliphatic rings. The zero-order chi connectivity index (χ0) is 20.1. The van der Waals surface area contributed by atoms with E-state index >= 15 is 0 Å². The van der Waals surface area contributed by atoms with Gasteiger partial charge in [-0.05, 0) is 0 Å². The summed E-state index contributed by atoms with van der Waals surface area (Å²) in [4.78, 5) is 0. The average molecular weight is 501 g/mol. The number of hydrogen-bond donors (Lipinski definition) is 0. The van der Waals surface area contributed by atoms with Gasteiger partial charge in [0.1, 0.15) is 0 Å². The van der Waals surface area contributed by atoms with Gasteiger partial charge in [-0.1, -0.05) is 0 Å². The Morgan fingerprint density at radius 3 is 1.45 bits per heavy atom. The minimum absolute atomic E-state index is 0. The van der Waals surface area contributed by atoms with Gasteiger partial charge in [-0.15, -0.1) is 0 Å². The van der Waals surface area contributed by atoms with Crippen LogP contribution in [-0.2, 0) is 19.2 Å².